The lowest BCUT2D eigenvalue weighted by atomic mass is 10.1. The molecule has 0 bridgehead atoms. The van der Waals surface area contributed by atoms with Crippen molar-refractivity contribution in [1.82, 2.24) is 24.5 Å². The molecule has 1 aromatic carbocycles. The minimum absolute atomic E-state index is 0.146. The molecule has 0 radical (unpaired) electrons. The molecule has 0 saturated heterocycles. The van der Waals surface area contributed by atoms with Crippen molar-refractivity contribution in [2.75, 3.05) is 14.2 Å². The van der Waals surface area contributed by atoms with Crippen molar-refractivity contribution in [2.45, 2.75) is 13.5 Å². The number of hydrogen-bond donors (Lipinski definition) is 2. The average Bonchev–Trinajstić information content (AvgIpc) is 3.16. The van der Waals surface area contributed by atoms with Crippen LogP contribution in [0.3, 0.4) is 0 Å². The maximum Gasteiger partial charge on any atom is 0.173 e. The smallest absolute Gasteiger partial charge is 0.173 e. The Bertz CT molecular complexity index is 1190. The van der Waals surface area contributed by atoms with Crippen LogP contribution in [0.4, 0.5) is 0 Å². The van der Waals surface area contributed by atoms with Gasteiger partial charge in [-0.2, -0.15) is 0 Å². The summed E-state index contributed by atoms with van der Waals surface area (Å²) in [5, 5.41) is 8.17. The summed E-state index contributed by atoms with van der Waals surface area (Å²) in [4.78, 5) is 16.3. The Morgan fingerprint density at radius 1 is 1.11 bits per heavy atom. The first-order valence-electron chi connectivity index (χ1n) is 8.73. The Morgan fingerprint density at radius 3 is 2.50 bits per heavy atom. The number of imidazole rings is 1. The Balaban J connectivity index is 1.87. The molecule has 0 aliphatic rings. The molecular formula is C20H20N6O2. The highest BCUT2D eigenvalue weighted by Crippen LogP contribution is 2.29. The normalized spacial score (nSPS) is 11.0. The third-order valence-electron chi connectivity index (χ3n) is 4.67. The van der Waals surface area contributed by atoms with Gasteiger partial charge < -0.3 is 19.0 Å². The molecule has 142 valence electrons. The van der Waals surface area contributed by atoms with Gasteiger partial charge in [-0.25, -0.2) is 9.97 Å². The molecule has 0 aliphatic carbocycles. The first-order valence-corrected chi connectivity index (χ1v) is 8.73. The van der Waals surface area contributed by atoms with E-state index in [-0.39, 0.29) is 5.49 Å². The second kappa shape index (κ2) is 7.15. The number of aromatic amines is 1. The molecule has 28 heavy (non-hydrogen) atoms. The van der Waals surface area contributed by atoms with Crippen molar-refractivity contribution < 1.29 is 9.47 Å². The predicted molar refractivity (Wildman–Crippen MR) is 104 cm³/mol. The number of H-pyrrole nitrogens is 1. The van der Waals surface area contributed by atoms with E-state index in [0.717, 1.165) is 16.7 Å². The Morgan fingerprint density at radius 2 is 1.82 bits per heavy atom. The Hall–Kier alpha value is -3.68. The predicted octanol–water partition coefficient (Wildman–Crippen LogP) is 2.67. The molecule has 8 nitrogen and oxygen atoms in total. The van der Waals surface area contributed by atoms with Crippen LogP contribution in [0.25, 0.3) is 22.6 Å². The third kappa shape index (κ3) is 2.98. The quantitative estimate of drug-likeness (QED) is 0.558. The van der Waals surface area contributed by atoms with Gasteiger partial charge in [-0.05, 0) is 12.5 Å². The summed E-state index contributed by atoms with van der Waals surface area (Å²) in [7, 11) is 3.19. The van der Waals surface area contributed by atoms with E-state index in [1.807, 2.05) is 35.8 Å². The van der Waals surface area contributed by atoms with Crippen LogP contribution in [0.1, 0.15) is 11.1 Å². The fourth-order valence-electron chi connectivity index (χ4n) is 3.19. The van der Waals surface area contributed by atoms with Gasteiger partial charge in [-0.3, -0.25) is 10.4 Å². The number of ether oxygens (including phenoxy) is 2. The third-order valence-corrected chi connectivity index (χ3v) is 4.67. The van der Waals surface area contributed by atoms with Crippen LogP contribution in [0.5, 0.6) is 11.5 Å². The zero-order chi connectivity index (χ0) is 19.7. The van der Waals surface area contributed by atoms with E-state index in [1.165, 1.54) is 0 Å². The largest absolute Gasteiger partial charge is 0.495 e. The number of methoxy groups -OCH3 is 2. The number of aromatic nitrogens is 5. The number of rotatable bonds is 5. The Kier molecular flexibility index (Phi) is 4.52. The fourth-order valence-corrected chi connectivity index (χ4v) is 3.19. The summed E-state index contributed by atoms with van der Waals surface area (Å²) in [5.74, 6) is 1.94. The van der Waals surface area contributed by atoms with Crippen LogP contribution in [0.2, 0.25) is 0 Å². The van der Waals surface area contributed by atoms with E-state index in [1.54, 1.807) is 32.9 Å². The molecule has 0 spiro atoms. The van der Waals surface area contributed by atoms with Gasteiger partial charge in [0, 0.05) is 5.56 Å². The number of benzene rings is 1. The number of fused-ring (bicyclic) bond motifs is 1. The molecule has 8 heteroatoms. The topological polar surface area (TPSA) is 102 Å². The molecule has 0 aliphatic heterocycles. The van der Waals surface area contributed by atoms with E-state index in [9.17, 15) is 0 Å². The van der Waals surface area contributed by atoms with E-state index < -0.39 is 0 Å². The maximum absolute atomic E-state index is 8.17. The first kappa shape index (κ1) is 17.7. The van der Waals surface area contributed by atoms with Gasteiger partial charge in [0.2, 0.25) is 0 Å². The summed E-state index contributed by atoms with van der Waals surface area (Å²) < 4.78 is 12.8. The molecule has 3 aromatic heterocycles. The summed E-state index contributed by atoms with van der Waals surface area (Å²) in [6, 6.07) is 7.99. The maximum atomic E-state index is 8.17. The molecular weight excluding hydrogens is 356 g/mol. The Labute approximate surface area is 161 Å². The van der Waals surface area contributed by atoms with Crippen molar-refractivity contribution in [1.29, 1.82) is 5.41 Å². The highest BCUT2D eigenvalue weighted by Gasteiger charge is 2.16. The second-order valence-electron chi connectivity index (χ2n) is 6.34. The summed E-state index contributed by atoms with van der Waals surface area (Å²) >= 11 is 0. The highest BCUT2D eigenvalue weighted by atomic mass is 16.5. The van der Waals surface area contributed by atoms with Gasteiger partial charge in [0.1, 0.15) is 22.8 Å². The number of aryl methyl sites for hydroxylation is 1. The number of pyridine rings is 1. The zero-order valence-corrected chi connectivity index (χ0v) is 15.9. The summed E-state index contributed by atoms with van der Waals surface area (Å²) in [6.07, 6.45) is 4.89. The minimum Gasteiger partial charge on any atom is -0.495 e. The van der Waals surface area contributed by atoms with E-state index in [0.29, 0.717) is 35.0 Å². The molecule has 4 rings (SSSR count). The lowest BCUT2D eigenvalue weighted by Crippen LogP contribution is -2.14. The van der Waals surface area contributed by atoms with Gasteiger partial charge in [-0.15, -0.1) is 0 Å². The standard InChI is InChI=1S/C20H20N6O2/c1-12-6-4-5-7-13(12)19-24-17-18(21)23-11-26(20(17)25-19)10-14-15(27-2)8-22-9-16(14)28-3/h4-9,11,21H,10H2,1-3H3,(H,24,25). The van der Waals surface area contributed by atoms with Crippen molar-refractivity contribution >= 4 is 11.2 Å². The second-order valence-corrected chi connectivity index (χ2v) is 6.34. The van der Waals surface area contributed by atoms with Crippen molar-refractivity contribution in [2.24, 2.45) is 0 Å². The monoisotopic (exact) mass is 376 g/mol. The molecule has 2 N–H and O–H groups in total. The molecule has 0 fully saturated rings. The van der Waals surface area contributed by atoms with E-state index in [2.05, 4.69) is 15.0 Å². The van der Waals surface area contributed by atoms with Gasteiger partial charge in [0.25, 0.3) is 0 Å². The van der Waals surface area contributed by atoms with Crippen molar-refractivity contribution in [3.8, 4) is 22.9 Å². The van der Waals surface area contributed by atoms with Gasteiger partial charge >= 0.3 is 0 Å². The molecule has 0 unspecified atom stereocenters. The van der Waals surface area contributed by atoms with Gasteiger partial charge in [0.15, 0.2) is 11.1 Å². The molecule has 0 saturated carbocycles. The van der Waals surface area contributed by atoms with Crippen LogP contribution in [-0.2, 0) is 6.54 Å². The van der Waals surface area contributed by atoms with Crippen LogP contribution in [0.15, 0.2) is 43.0 Å². The number of nitrogens with zero attached hydrogens (tertiary/aromatic N) is 4. The molecule has 0 atom stereocenters. The van der Waals surface area contributed by atoms with E-state index >= 15 is 0 Å². The highest BCUT2D eigenvalue weighted by molar-refractivity contribution is 5.76. The van der Waals surface area contributed by atoms with Gasteiger partial charge in [0.05, 0.1) is 45.0 Å². The lowest BCUT2D eigenvalue weighted by Gasteiger charge is -2.14. The van der Waals surface area contributed by atoms with Crippen molar-refractivity contribution in [3.05, 3.63) is 59.6 Å². The average molecular weight is 376 g/mol. The zero-order valence-electron chi connectivity index (χ0n) is 15.9. The minimum atomic E-state index is 0.146. The number of hydrogen-bond acceptors (Lipinski definition) is 6. The van der Waals surface area contributed by atoms with Crippen molar-refractivity contribution in [3.63, 3.8) is 0 Å². The van der Waals surface area contributed by atoms with Crippen LogP contribution in [-0.4, -0.2) is 38.7 Å². The molecule has 4 aromatic rings. The van der Waals surface area contributed by atoms with E-state index in [4.69, 9.17) is 19.9 Å². The van der Waals surface area contributed by atoms with Crippen LogP contribution < -0.4 is 15.0 Å². The van der Waals surface area contributed by atoms with Crippen LogP contribution >= 0.6 is 0 Å². The van der Waals surface area contributed by atoms with Crippen LogP contribution in [0, 0.1) is 12.3 Å². The lowest BCUT2D eigenvalue weighted by molar-refractivity contribution is 0.380. The summed E-state index contributed by atoms with van der Waals surface area (Å²) in [5.41, 5.74) is 4.28. The fraction of sp³-hybridized carbons (Fsp3) is 0.200. The SMILES string of the molecule is COc1cncc(OC)c1Cn1cnc(=N)c2[nH]c(-c3ccccc3C)nc21. The number of nitrogens with one attached hydrogen (secondary N) is 2. The van der Waals surface area contributed by atoms with Gasteiger partial charge in [-0.1, -0.05) is 24.3 Å². The molecule has 0 amide bonds. The molecule has 3 heterocycles. The summed E-state index contributed by atoms with van der Waals surface area (Å²) in [6.45, 7) is 2.44. The first-order chi connectivity index (χ1) is 13.6.